The number of oxazole rings is 1. The van der Waals surface area contributed by atoms with Crippen molar-refractivity contribution in [2.75, 3.05) is 7.05 Å². The molecule has 0 radical (unpaired) electrons. The molecule has 1 aliphatic heterocycles. The van der Waals surface area contributed by atoms with Crippen LogP contribution in [0.3, 0.4) is 0 Å². The van der Waals surface area contributed by atoms with Crippen LogP contribution >= 0.6 is 11.3 Å². The van der Waals surface area contributed by atoms with Gasteiger partial charge in [-0.2, -0.15) is 13.2 Å². The molecule has 12 heteroatoms. The molecule has 0 atom stereocenters. The van der Waals surface area contributed by atoms with Gasteiger partial charge in [-0.05, 0) is 31.0 Å². The molecule has 8 nitrogen and oxygen atoms in total. The molecule has 0 saturated carbocycles. The van der Waals surface area contributed by atoms with Crippen molar-refractivity contribution in [2.24, 2.45) is 0 Å². The second-order valence-corrected chi connectivity index (χ2v) is 8.11. The SMILES string of the molecule is CN1Cc2nc(-c3ccc(C(F)(F)F)cc3)sc2C1.Cc1cn2cc([N+](=O)[O-])nc2o1. The minimum Gasteiger partial charge on any atom is -0.410 e. The number of nitro groups is 1. The lowest BCUT2D eigenvalue weighted by Crippen LogP contribution is -2.08. The molecule has 5 rings (SSSR count). The largest absolute Gasteiger partial charge is 0.423 e. The highest BCUT2D eigenvalue weighted by atomic mass is 32.1. The third kappa shape index (κ3) is 4.44. The van der Waals surface area contributed by atoms with Gasteiger partial charge in [-0.1, -0.05) is 12.1 Å². The normalized spacial score (nSPS) is 13.8. The summed E-state index contributed by atoms with van der Waals surface area (Å²) in [5.74, 6) is 0.723. The van der Waals surface area contributed by atoms with Crippen molar-refractivity contribution in [3.05, 3.63) is 68.7 Å². The summed E-state index contributed by atoms with van der Waals surface area (Å²) in [5, 5.41) is 11.0. The summed E-state index contributed by atoms with van der Waals surface area (Å²) in [6.45, 7) is 3.43. The number of fused-ring (bicyclic) bond motifs is 2. The van der Waals surface area contributed by atoms with Crippen molar-refractivity contribution in [1.29, 1.82) is 0 Å². The summed E-state index contributed by atoms with van der Waals surface area (Å²) in [7, 11) is 2.02. The minimum absolute atomic E-state index is 0.200. The molecular weight excluding hydrogens is 435 g/mol. The van der Waals surface area contributed by atoms with E-state index in [-0.39, 0.29) is 11.7 Å². The molecule has 31 heavy (non-hydrogen) atoms. The zero-order valence-corrected chi connectivity index (χ0v) is 17.2. The fourth-order valence-corrected chi connectivity index (χ4v) is 4.25. The van der Waals surface area contributed by atoms with Crippen molar-refractivity contribution in [1.82, 2.24) is 19.3 Å². The molecule has 162 valence electrons. The van der Waals surface area contributed by atoms with Crippen LogP contribution < -0.4 is 0 Å². The van der Waals surface area contributed by atoms with E-state index in [0.717, 1.165) is 41.5 Å². The first kappa shape index (κ1) is 21.0. The van der Waals surface area contributed by atoms with Gasteiger partial charge >= 0.3 is 17.8 Å². The number of benzene rings is 1. The Balaban J connectivity index is 0.000000166. The number of hydrogen-bond donors (Lipinski definition) is 0. The minimum atomic E-state index is -4.29. The molecule has 0 saturated heterocycles. The van der Waals surface area contributed by atoms with Crippen LogP contribution in [-0.2, 0) is 19.3 Å². The molecule has 0 bridgehead atoms. The summed E-state index contributed by atoms with van der Waals surface area (Å²) in [5.41, 5.74) is 1.16. The standard InChI is InChI=1S/C13H11F3N2S.C6H5N3O3/c1-18-6-10-11(7-18)19-12(17-10)8-2-4-9(5-3-8)13(14,15)16;1-4-2-8-3-5(9(10)11)7-6(8)12-4/h2-5H,6-7H2,1H3;2-3H,1H3. The van der Waals surface area contributed by atoms with E-state index >= 15 is 0 Å². The molecular formula is C19H16F3N5O3S. The number of imidazole rings is 1. The number of thiazole rings is 1. The molecule has 1 aliphatic rings. The Morgan fingerprint density at radius 1 is 1.16 bits per heavy atom. The summed E-state index contributed by atoms with van der Waals surface area (Å²) in [6.07, 6.45) is -1.34. The first-order valence-electron chi connectivity index (χ1n) is 9.04. The van der Waals surface area contributed by atoms with E-state index in [1.807, 2.05) is 7.05 Å². The van der Waals surface area contributed by atoms with Gasteiger partial charge in [0.15, 0.2) is 0 Å². The highest BCUT2D eigenvalue weighted by Gasteiger charge is 2.30. The number of halogens is 3. The van der Waals surface area contributed by atoms with E-state index in [0.29, 0.717) is 5.76 Å². The van der Waals surface area contributed by atoms with Crippen LogP contribution in [0.25, 0.3) is 16.4 Å². The highest BCUT2D eigenvalue weighted by Crippen LogP contribution is 2.35. The molecule has 4 aromatic rings. The molecule has 1 aromatic carbocycles. The smallest absolute Gasteiger partial charge is 0.410 e. The quantitative estimate of drug-likeness (QED) is 0.318. The maximum absolute atomic E-state index is 12.5. The lowest BCUT2D eigenvalue weighted by Gasteiger charge is -2.07. The van der Waals surface area contributed by atoms with Gasteiger partial charge in [0.25, 0.3) is 0 Å². The Bertz CT molecular complexity index is 1190. The van der Waals surface area contributed by atoms with Crippen LogP contribution in [-0.4, -0.2) is 31.2 Å². The van der Waals surface area contributed by atoms with Gasteiger partial charge in [-0.25, -0.2) is 9.38 Å². The van der Waals surface area contributed by atoms with Crippen LogP contribution in [0.5, 0.6) is 0 Å². The van der Waals surface area contributed by atoms with Crippen LogP contribution in [0.2, 0.25) is 0 Å². The third-order valence-electron chi connectivity index (χ3n) is 4.52. The second kappa shape index (κ2) is 7.78. The van der Waals surface area contributed by atoms with Crippen LogP contribution in [0.4, 0.5) is 19.0 Å². The molecule has 0 fully saturated rings. The summed E-state index contributed by atoms with van der Waals surface area (Å²) in [6, 6.07) is 5.18. The van der Waals surface area contributed by atoms with E-state index in [1.54, 1.807) is 24.5 Å². The lowest BCUT2D eigenvalue weighted by atomic mass is 10.1. The van der Waals surface area contributed by atoms with Crippen molar-refractivity contribution in [3.8, 4) is 10.6 Å². The van der Waals surface area contributed by atoms with E-state index in [1.165, 1.54) is 27.6 Å². The number of hydrogen-bond acceptors (Lipinski definition) is 7. The Kier molecular flexibility index (Phi) is 5.27. The fourth-order valence-electron chi connectivity index (χ4n) is 3.10. The average molecular weight is 451 g/mol. The Hall–Kier alpha value is -3.25. The highest BCUT2D eigenvalue weighted by molar-refractivity contribution is 7.15. The fraction of sp³-hybridized carbons (Fsp3) is 0.263. The van der Waals surface area contributed by atoms with Gasteiger partial charge in [-0.15, -0.1) is 11.3 Å². The average Bonchev–Trinajstić information content (AvgIpc) is 3.40. The maximum Gasteiger partial charge on any atom is 0.423 e. The van der Waals surface area contributed by atoms with Crippen molar-refractivity contribution < 1.29 is 22.5 Å². The van der Waals surface area contributed by atoms with Crippen molar-refractivity contribution in [3.63, 3.8) is 0 Å². The second-order valence-electron chi connectivity index (χ2n) is 7.02. The van der Waals surface area contributed by atoms with Crippen LogP contribution in [0.1, 0.15) is 21.9 Å². The molecule has 0 unspecified atom stereocenters. The zero-order chi connectivity index (χ0) is 22.3. The summed E-state index contributed by atoms with van der Waals surface area (Å²) < 4.78 is 44.0. The van der Waals surface area contributed by atoms with Crippen molar-refractivity contribution in [2.45, 2.75) is 26.2 Å². The first-order chi connectivity index (χ1) is 14.6. The third-order valence-corrected chi connectivity index (χ3v) is 5.65. The Morgan fingerprint density at radius 3 is 2.45 bits per heavy atom. The van der Waals surface area contributed by atoms with Crippen LogP contribution in [0.15, 0.2) is 41.1 Å². The molecule has 0 spiro atoms. The number of nitrogens with zero attached hydrogens (tertiary/aromatic N) is 5. The van der Waals surface area contributed by atoms with Gasteiger partial charge in [0.05, 0.1) is 17.5 Å². The van der Waals surface area contributed by atoms with Gasteiger partial charge in [0, 0.05) is 28.5 Å². The lowest BCUT2D eigenvalue weighted by molar-refractivity contribution is -0.389. The first-order valence-corrected chi connectivity index (χ1v) is 9.86. The summed E-state index contributed by atoms with van der Waals surface area (Å²) >= 11 is 1.56. The number of rotatable bonds is 2. The molecule has 0 amide bonds. The Labute approximate surface area is 177 Å². The molecule has 0 aliphatic carbocycles. The van der Waals surface area contributed by atoms with E-state index in [4.69, 9.17) is 4.42 Å². The molecule has 3 aromatic heterocycles. The van der Waals surface area contributed by atoms with E-state index in [2.05, 4.69) is 14.9 Å². The van der Waals surface area contributed by atoms with Gasteiger partial charge in [0.1, 0.15) is 17.0 Å². The monoisotopic (exact) mass is 451 g/mol. The number of alkyl halides is 3. The van der Waals surface area contributed by atoms with Gasteiger partial charge in [0.2, 0.25) is 0 Å². The van der Waals surface area contributed by atoms with Gasteiger partial charge < -0.3 is 14.5 Å². The predicted octanol–water partition coefficient (Wildman–Crippen LogP) is 4.92. The molecule has 4 heterocycles. The maximum atomic E-state index is 12.5. The predicted molar refractivity (Wildman–Crippen MR) is 107 cm³/mol. The van der Waals surface area contributed by atoms with Gasteiger partial charge in [-0.3, -0.25) is 4.90 Å². The van der Waals surface area contributed by atoms with Crippen LogP contribution in [0, 0.1) is 17.0 Å². The van der Waals surface area contributed by atoms with Crippen molar-refractivity contribution >= 4 is 23.0 Å². The van der Waals surface area contributed by atoms with E-state index in [9.17, 15) is 23.3 Å². The summed E-state index contributed by atoms with van der Waals surface area (Å²) in [4.78, 5) is 21.2. The molecule has 0 N–H and O–H groups in total. The topological polar surface area (TPSA) is 89.7 Å². The zero-order valence-electron chi connectivity index (χ0n) is 16.4. The Morgan fingerprint density at radius 2 is 1.87 bits per heavy atom. The number of aryl methyl sites for hydroxylation is 1. The number of aromatic nitrogens is 3. The van der Waals surface area contributed by atoms with E-state index < -0.39 is 16.7 Å².